The number of nitrogens with one attached hydrogen (secondary N) is 1. The Morgan fingerprint density at radius 2 is 1.95 bits per heavy atom. The Labute approximate surface area is 111 Å². The van der Waals surface area contributed by atoms with Crippen LogP contribution in [0, 0.1) is 6.92 Å². The number of benzene rings is 1. The zero-order valence-corrected chi connectivity index (χ0v) is 10.5. The Hall–Kier alpha value is -2.40. The van der Waals surface area contributed by atoms with Gasteiger partial charge in [0.25, 0.3) is 0 Å². The number of aromatic nitrogens is 1. The predicted molar refractivity (Wildman–Crippen MR) is 72.6 cm³/mol. The van der Waals surface area contributed by atoms with Crippen LogP contribution in [0.2, 0.25) is 0 Å². The average molecular weight is 257 g/mol. The standard InChI is InChI=1S/C14H15N3O2/c1-9-7-8-11(18)13(16-9)17-14(19)12(15)10-5-3-2-4-6-10/h2-8,12,18H,15H2,1H3,(H,16,17,19)/t12-/m0/s1. The topological polar surface area (TPSA) is 88.2 Å². The highest BCUT2D eigenvalue weighted by molar-refractivity contribution is 5.95. The van der Waals surface area contributed by atoms with Gasteiger partial charge in [-0.2, -0.15) is 0 Å². The van der Waals surface area contributed by atoms with Crippen LogP contribution < -0.4 is 11.1 Å². The van der Waals surface area contributed by atoms with Gasteiger partial charge in [-0.25, -0.2) is 4.98 Å². The van der Waals surface area contributed by atoms with E-state index < -0.39 is 11.9 Å². The molecule has 0 fully saturated rings. The number of pyridine rings is 1. The second-order valence-corrected chi connectivity index (χ2v) is 4.20. The number of nitrogens with two attached hydrogens (primary N) is 1. The molecule has 0 aliphatic rings. The van der Waals surface area contributed by atoms with Gasteiger partial charge in [0.2, 0.25) is 5.91 Å². The lowest BCUT2D eigenvalue weighted by Crippen LogP contribution is -2.28. The second kappa shape index (κ2) is 5.49. The summed E-state index contributed by atoms with van der Waals surface area (Å²) in [5.41, 5.74) is 7.25. The first-order chi connectivity index (χ1) is 9.08. The van der Waals surface area contributed by atoms with E-state index in [0.29, 0.717) is 11.3 Å². The fourth-order valence-electron chi connectivity index (χ4n) is 1.65. The maximum atomic E-state index is 12.0. The predicted octanol–water partition coefficient (Wildman–Crippen LogP) is 1.73. The van der Waals surface area contributed by atoms with Crippen LogP contribution in [-0.4, -0.2) is 16.0 Å². The molecule has 1 aromatic carbocycles. The maximum absolute atomic E-state index is 12.0. The molecule has 4 N–H and O–H groups in total. The minimum atomic E-state index is -0.803. The molecular weight excluding hydrogens is 242 g/mol. The van der Waals surface area contributed by atoms with E-state index in [1.165, 1.54) is 6.07 Å². The van der Waals surface area contributed by atoms with Crippen LogP contribution in [-0.2, 0) is 4.79 Å². The molecule has 1 heterocycles. The molecule has 0 aliphatic carbocycles. The quantitative estimate of drug-likeness (QED) is 0.781. The summed E-state index contributed by atoms with van der Waals surface area (Å²) in [6.07, 6.45) is 0. The van der Waals surface area contributed by atoms with Crippen LogP contribution in [0.5, 0.6) is 5.75 Å². The molecule has 0 unspecified atom stereocenters. The van der Waals surface area contributed by atoms with E-state index >= 15 is 0 Å². The minimum Gasteiger partial charge on any atom is -0.504 e. The van der Waals surface area contributed by atoms with Gasteiger partial charge in [0.05, 0.1) is 0 Å². The third-order valence-electron chi connectivity index (χ3n) is 2.70. The maximum Gasteiger partial charge on any atom is 0.247 e. The summed E-state index contributed by atoms with van der Waals surface area (Å²) in [4.78, 5) is 16.0. The molecule has 19 heavy (non-hydrogen) atoms. The Kier molecular flexibility index (Phi) is 3.77. The molecule has 2 aromatic rings. The summed E-state index contributed by atoms with van der Waals surface area (Å²) in [5, 5.41) is 12.1. The molecule has 0 saturated heterocycles. The second-order valence-electron chi connectivity index (χ2n) is 4.20. The number of carbonyl (C=O) groups excluding carboxylic acids is 1. The van der Waals surface area contributed by atoms with Crippen molar-refractivity contribution in [3.05, 3.63) is 53.7 Å². The van der Waals surface area contributed by atoms with E-state index in [-0.39, 0.29) is 11.6 Å². The molecule has 1 atom stereocenters. The summed E-state index contributed by atoms with van der Waals surface area (Å²) in [5.74, 6) is -0.379. The van der Waals surface area contributed by atoms with E-state index in [1.807, 2.05) is 18.2 Å². The molecule has 0 aliphatic heterocycles. The Balaban J connectivity index is 2.15. The van der Waals surface area contributed by atoms with Crippen LogP contribution in [0.1, 0.15) is 17.3 Å². The Morgan fingerprint density at radius 3 is 2.63 bits per heavy atom. The van der Waals surface area contributed by atoms with Crippen LogP contribution in [0.4, 0.5) is 5.82 Å². The van der Waals surface area contributed by atoms with Crippen molar-refractivity contribution >= 4 is 11.7 Å². The lowest BCUT2D eigenvalue weighted by Gasteiger charge is -2.13. The molecule has 0 bridgehead atoms. The van der Waals surface area contributed by atoms with Gasteiger partial charge in [0.1, 0.15) is 6.04 Å². The van der Waals surface area contributed by atoms with Crippen molar-refractivity contribution < 1.29 is 9.90 Å². The van der Waals surface area contributed by atoms with Crippen molar-refractivity contribution in [1.82, 2.24) is 4.98 Å². The number of hydrogen-bond donors (Lipinski definition) is 3. The van der Waals surface area contributed by atoms with Gasteiger partial charge in [-0.3, -0.25) is 4.79 Å². The first-order valence-corrected chi connectivity index (χ1v) is 5.86. The highest BCUT2D eigenvalue weighted by Gasteiger charge is 2.17. The first kappa shape index (κ1) is 13.0. The molecule has 0 saturated carbocycles. The minimum absolute atomic E-state index is 0.0841. The Morgan fingerprint density at radius 1 is 1.26 bits per heavy atom. The van der Waals surface area contributed by atoms with Crippen molar-refractivity contribution in [1.29, 1.82) is 0 Å². The summed E-state index contributed by atoms with van der Waals surface area (Å²) in [6, 6.07) is 11.3. The summed E-state index contributed by atoms with van der Waals surface area (Å²) >= 11 is 0. The van der Waals surface area contributed by atoms with E-state index in [2.05, 4.69) is 10.3 Å². The number of hydrogen-bond acceptors (Lipinski definition) is 4. The normalized spacial score (nSPS) is 11.9. The lowest BCUT2D eigenvalue weighted by molar-refractivity contribution is -0.117. The van der Waals surface area contributed by atoms with Gasteiger partial charge in [0.15, 0.2) is 11.6 Å². The zero-order chi connectivity index (χ0) is 13.8. The van der Waals surface area contributed by atoms with Gasteiger partial charge >= 0.3 is 0 Å². The highest BCUT2D eigenvalue weighted by Crippen LogP contribution is 2.21. The third-order valence-corrected chi connectivity index (χ3v) is 2.70. The van der Waals surface area contributed by atoms with Gasteiger partial charge in [-0.1, -0.05) is 30.3 Å². The number of aromatic hydroxyl groups is 1. The van der Waals surface area contributed by atoms with Crippen LogP contribution in [0.15, 0.2) is 42.5 Å². The smallest absolute Gasteiger partial charge is 0.247 e. The first-order valence-electron chi connectivity index (χ1n) is 5.86. The van der Waals surface area contributed by atoms with E-state index in [4.69, 9.17) is 5.73 Å². The monoisotopic (exact) mass is 257 g/mol. The highest BCUT2D eigenvalue weighted by atomic mass is 16.3. The largest absolute Gasteiger partial charge is 0.504 e. The number of aryl methyl sites for hydroxylation is 1. The van der Waals surface area contributed by atoms with E-state index in [1.54, 1.807) is 25.1 Å². The van der Waals surface area contributed by atoms with Gasteiger partial charge in [-0.05, 0) is 24.6 Å². The summed E-state index contributed by atoms with van der Waals surface area (Å²) in [7, 11) is 0. The van der Waals surface area contributed by atoms with Gasteiger partial charge in [-0.15, -0.1) is 0 Å². The molecule has 0 radical (unpaired) electrons. The number of rotatable bonds is 3. The molecule has 1 aromatic heterocycles. The summed E-state index contributed by atoms with van der Waals surface area (Å²) in [6.45, 7) is 1.77. The van der Waals surface area contributed by atoms with Crippen molar-refractivity contribution in [3.63, 3.8) is 0 Å². The molecule has 1 amide bonds. The van der Waals surface area contributed by atoms with Crippen molar-refractivity contribution in [2.45, 2.75) is 13.0 Å². The third kappa shape index (κ3) is 3.08. The van der Waals surface area contributed by atoms with Crippen LogP contribution in [0.25, 0.3) is 0 Å². The fourth-order valence-corrected chi connectivity index (χ4v) is 1.65. The Bertz CT molecular complexity index is 584. The number of nitrogens with zero attached hydrogens (tertiary/aromatic N) is 1. The zero-order valence-electron chi connectivity index (χ0n) is 10.5. The molecule has 5 heteroatoms. The van der Waals surface area contributed by atoms with E-state index in [9.17, 15) is 9.90 Å². The summed E-state index contributed by atoms with van der Waals surface area (Å²) < 4.78 is 0. The number of carbonyl (C=O) groups is 1. The van der Waals surface area contributed by atoms with E-state index in [0.717, 1.165) is 0 Å². The van der Waals surface area contributed by atoms with Crippen molar-refractivity contribution in [2.75, 3.05) is 5.32 Å². The van der Waals surface area contributed by atoms with Gasteiger partial charge < -0.3 is 16.2 Å². The molecule has 98 valence electrons. The van der Waals surface area contributed by atoms with Crippen molar-refractivity contribution in [3.8, 4) is 5.75 Å². The average Bonchev–Trinajstić information content (AvgIpc) is 2.43. The number of anilines is 1. The van der Waals surface area contributed by atoms with Crippen molar-refractivity contribution in [2.24, 2.45) is 5.73 Å². The molecule has 0 spiro atoms. The SMILES string of the molecule is Cc1ccc(O)c(NC(=O)[C@@H](N)c2ccccc2)n1. The molecule has 5 nitrogen and oxygen atoms in total. The number of amides is 1. The van der Waals surface area contributed by atoms with Gasteiger partial charge in [0, 0.05) is 5.69 Å². The van der Waals surface area contributed by atoms with Crippen LogP contribution in [0.3, 0.4) is 0 Å². The molecule has 2 rings (SSSR count). The fraction of sp³-hybridized carbons (Fsp3) is 0.143. The lowest BCUT2D eigenvalue weighted by atomic mass is 10.1. The van der Waals surface area contributed by atoms with Crippen LogP contribution >= 0.6 is 0 Å². The molecular formula is C14H15N3O2.